The second-order valence-corrected chi connectivity index (χ2v) is 14.3. The van der Waals surface area contributed by atoms with Gasteiger partial charge < -0.3 is 19.7 Å². The summed E-state index contributed by atoms with van der Waals surface area (Å²) in [7, 11) is 0. The summed E-state index contributed by atoms with van der Waals surface area (Å²) in [4.78, 5) is 27.6. The summed E-state index contributed by atoms with van der Waals surface area (Å²) in [5.74, 6) is 0.469. The largest absolute Gasteiger partial charge is 0.488 e. The van der Waals surface area contributed by atoms with Crippen molar-refractivity contribution < 1.29 is 36.8 Å². The number of fused-ring (bicyclic) bond motifs is 2. The Morgan fingerprint density at radius 3 is 2.62 bits per heavy atom. The van der Waals surface area contributed by atoms with Gasteiger partial charge in [0.1, 0.15) is 29.8 Å². The van der Waals surface area contributed by atoms with Gasteiger partial charge in [-0.05, 0) is 87.6 Å². The number of piperazine rings is 1. The molecule has 7 rings (SSSR count). The van der Waals surface area contributed by atoms with E-state index in [-0.39, 0.29) is 59.6 Å². The number of ether oxygens (including phenoxy) is 2. The topological polar surface area (TPSA) is 107 Å². The number of nitrogens with zero attached hydrogens (tertiary/aromatic N) is 3. The van der Waals surface area contributed by atoms with Crippen LogP contribution in [0.3, 0.4) is 0 Å². The fourth-order valence-corrected chi connectivity index (χ4v) is 8.67. The Labute approximate surface area is 270 Å². The van der Waals surface area contributed by atoms with Crippen molar-refractivity contribution in [2.24, 2.45) is 5.41 Å². The van der Waals surface area contributed by atoms with Crippen molar-refractivity contribution in [2.45, 2.75) is 101 Å². The first-order chi connectivity index (χ1) is 22.3. The Kier molecular flexibility index (Phi) is 8.03. The van der Waals surface area contributed by atoms with Gasteiger partial charge in [0.2, 0.25) is 5.91 Å². The standard InChI is InChI=1S/C34H40F4N4O5/c1-20-16-41(21(2)15-40(20)17-26-14-23-13-24(35)4-6-29(23)47-26)31(43)18-46-25-7-9-32(10-8-25)19-33(32)30(39-33)12-22-3-5-28(42(44)45)27(11-22)34(36,37)38/h3-6,11,13,20-21,25-26,30,39H,7-10,12,14-19H2,1-2H3/t20-,21+,25?,26?,30?,32?,33-/m0/s1. The van der Waals surface area contributed by atoms with Crippen molar-refractivity contribution in [3.8, 4) is 5.75 Å². The summed E-state index contributed by atoms with van der Waals surface area (Å²) in [6.07, 6.45) is 0.682. The van der Waals surface area contributed by atoms with Gasteiger partial charge >= 0.3 is 6.18 Å². The summed E-state index contributed by atoms with van der Waals surface area (Å²) in [6.45, 7) is 6.22. The average molecular weight is 661 g/mol. The normalized spacial score (nSPS) is 33.1. The maximum absolute atomic E-state index is 13.6. The summed E-state index contributed by atoms with van der Waals surface area (Å²) in [5, 5.41) is 14.6. The van der Waals surface area contributed by atoms with Gasteiger partial charge in [0.05, 0.1) is 11.0 Å². The molecule has 9 nitrogen and oxygen atoms in total. The first kappa shape index (κ1) is 32.3. The maximum atomic E-state index is 13.6. The van der Waals surface area contributed by atoms with Gasteiger partial charge in [-0.25, -0.2) is 4.39 Å². The minimum atomic E-state index is -4.79. The number of rotatable bonds is 8. The molecule has 1 amide bonds. The number of halogens is 4. The van der Waals surface area contributed by atoms with Crippen LogP contribution in [0.15, 0.2) is 36.4 Å². The van der Waals surface area contributed by atoms with Crippen LogP contribution >= 0.6 is 0 Å². The summed E-state index contributed by atoms with van der Waals surface area (Å²) >= 11 is 0. The number of amides is 1. The second kappa shape index (κ2) is 11.7. The van der Waals surface area contributed by atoms with Gasteiger partial charge in [-0.1, -0.05) is 6.07 Å². The van der Waals surface area contributed by atoms with Crippen LogP contribution in [0.4, 0.5) is 23.2 Å². The minimum Gasteiger partial charge on any atom is -0.488 e. The molecule has 13 heteroatoms. The molecule has 1 N–H and O–H groups in total. The molecule has 2 unspecified atom stereocenters. The van der Waals surface area contributed by atoms with Gasteiger partial charge in [-0.3, -0.25) is 19.8 Å². The van der Waals surface area contributed by atoms with Gasteiger partial charge in [-0.2, -0.15) is 13.2 Å². The molecule has 2 aliphatic carbocycles. The molecule has 2 saturated heterocycles. The Balaban J connectivity index is 0.854. The average Bonchev–Trinajstić information content (AvgIpc) is 3.81. The number of nitro groups is 1. The smallest absolute Gasteiger partial charge is 0.423 e. The van der Waals surface area contributed by atoms with E-state index in [0.29, 0.717) is 31.5 Å². The highest BCUT2D eigenvalue weighted by Gasteiger charge is 2.78. The molecule has 0 aromatic heterocycles. The van der Waals surface area contributed by atoms with Crippen molar-refractivity contribution >= 4 is 11.6 Å². The summed E-state index contributed by atoms with van der Waals surface area (Å²) in [5.41, 5.74) is -0.789. The third kappa shape index (κ3) is 6.10. The molecule has 0 bridgehead atoms. The zero-order valence-electron chi connectivity index (χ0n) is 26.5. The van der Waals surface area contributed by atoms with Crippen LogP contribution in [0.2, 0.25) is 0 Å². The van der Waals surface area contributed by atoms with E-state index < -0.39 is 22.4 Å². The van der Waals surface area contributed by atoms with E-state index in [4.69, 9.17) is 9.47 Å². The predicted octanol–water partition coefficient (Wildman–Crippen LogP) is 5.28. The number of carbonyl (C=O) groups excluding carboxylic acids is 1. The summed E-state index contributed by atoms with van der Waals surface area (Å²) < 4.78 is 66.1. The van der Waals surface area contributed by atoms with E-state index in [9.17, 15) is 32.5 Å². The Hall–Kier alpha value is -3.29. The van der Waals surface area contributed by atoms with E-state index >= 15 is 0 Å². The Morgan fingerprint density at radius 1 is 1.13 bits per heavy atom. The molecule has 0 radical (unpaired) electrons. The molecular weight excluding hydrogens is 620 g/mol. The van der Waals surface area contributed by atoms with Gasteiger partial charge in [0.15, 0.2) is 0 Å². The third-order valence-corrected chi connectivity index (χ3v) is 11.4. The highest BCUT2D eigenvalue weighted by Crippen LogP contribution is 2.72. The first-order valence-electron chi connectivity index (χ1n) is 16.5. The number of carbonyl (C=O) groups is 1. The molecule has 2 saturated carbocycles. The van der Waals surface area contributed by atoms with Crippen LogP contribution in [0.25, 0.3) is 0 Å². The predicted molar refractivity (Wildman–Crippen MR) is 163 cm³/mol. The molecule has 254 valence electrons. The molecule has 5 aliphatic rings. The van der Waals surface area contributed by atoms with E-state index in [1.807, 2.05) is 11.8 Å². The van der Waals surface area contributed by atoms with Crippen molar-refractivity contribution in [1.29, 1.82) is 0 Å². The lowest BCUT2D eigenvalue weighted by atomic mass is 9.81. The van der Waals surface area contributed by atoms with Crippen molar-refractivity contribution in [3.05, 3.63) is 69.0 Å². The number of alkyl halides is 3. The minimum absolute atomic E-state index is 0.0107. The zero-order valence-corrected chi connectivity index (χ0v) is 26.5. The molecule has 3 heterocycles. The van der Waals surface area contributed by atoms with E-state index in [1.54, 1.807) is 6.07 Å². The van der Waals surface area contributed by atoms with Crippen LogP contribution in [-0.4, -0.2) is 82.7 Å². The van der Waals surface area contributed by atoms with E-state index in [2.05, 4.69) is 17.1 Å². The number of benzene rings is 2. The number of nitro benzene ring substituents is 1. The molecule has 2 spiro atoms. The molecule has 5 atom stereocenters. The lowest BCUT2D eigenvalue weighted by Gasteiger charge is -2.44. The quantitative estimate of drug-likeness (QED) is 0.178. The van der Waals surface area contributed by atoms with Crippen LogP contribution in [0.5, 0.6) is 5.75 Å². The number of hydrogen-bond donors (Lipinski definition) is 1. The lowest BCUT2D eigenvalue weighted by molar-refractivity contribution is -0.388. The van der Waals surface area contributed by atoms with E-state index in [1.165, 1.54) is 18.2 Å². The Bertz CT molecular complexity index is 1560. The fourth-order valence-electron chi connectivity index (χ4n) is 8.67. The second-order valence-electron chi connectivity index (χ2n) is 14.3. The Morgan fingerprint density at radius 2 is 1.89 bits per heavy atom. The van der Waals surface area contributed by atoms with Gasteiger partial charge in [0, 0.05) is 61.3 Å². The SMILES string of the molecule is C[C@@H]1CN(CC2Cc3cc(F)ccc3O2)[C@@H](C)CN1C(=O)COC1CCC2(CC1)C[C@@]21NC1Cc1ccc([N+](=O)[O-])c(C(F)(F)F)c1. The lowest BCUT2D eigenvalue weighted by Crippen LogP contribution is -2.60. The van der Waals surface area contributed by atoms with Crippen molar-refractivity contribution in [1.82, 2.24) is 15.1 Å². The molecule has 2 aromatic carbocycles. The van der Waals surface area contributed by atoms with Crippen LogP contribution in [0, 0.1) is 21.3 Å². The highest BCUT2D eigenvalue weighted by atomic mass is 19.4. The van der Waals surface area contributed by atoms with Gasteiger partial charge in [-0.15, -0.1) is 0 Å². The van der Waals surface area contributed by atoms with Gasteiger partial charge in [0.25, 0.3) is 5.69 Å². The van der Waals surface area contributed by atoms with Crippen LogP contribution in [-0.2, 0) is 28.5 Å². The third-order valence-electron chi connectivity index (χ3n) is 11.4. The van der Waals surface area contributed by atoms with Crippen LogP contribution in [0.1, 0.15) is 62.6 Å². The monoisotopic (exact) mass is 660 g/mol. The fraction of sp³-hybridized carbons (Fsp3) is 0.618. The van der Waals surface area contributed by atoms with Crippen LogP contribution < -0.4 is 10.1 Å². The van der Waals surface area contributed by atoms with Crippen molar-refractivity contribution in [3.63, 3.8) is 0 Å². The van der Waals surface area contributed by atoms with E-state index in [0.717, 1.165) is 62.1 Å². The number of nitrogens with one attached hydrogen (secondary N) is 1. The number of hydrogen-bond acceptors (Lipinski definition) is 7. The maximum Gasteiger partial charge on any atom is 0.423 e. The molecule has 2 aromatic rings. The summed E-state index contributed by atoms with van der Waals surface area (Å²) in [6, 6.07) is 8.14. The molecule has 3 aliphatic heterocycles. The zero-order chi connectivity index (χ0) is 33.3. The molecule has 4 fully saturated rings. The molecule has 47 heavy (non-hydrogen) atoms. The molecular formula is C34H40F4N4O5. The first-order valence-corrected chi connectivity index (χ1v) is 16.5. The van der Waals surface area contributed by atoms with Crippen molar-refractivity contribution in [2.75, 3.05) is 26.2 Å². The highest BCUT2D eigenvalue weighted by molar-refractivity contribution is 5.78.